The molecule has 0 fully saturated rings. The minimum absolute atomic E-state index is 0.248. The number of carbonyl (C=O) groups excluding carboxylic acids is 1. The number of nitriles is 1. The van der Waals surface area contributed by atoms with Gasteiger partial charge in [0.25, 0.3) is 0 Å². The Labute approximate surface area is 148 Å². The van der Waals surface area contributed by atoms with Gasteiger partial charge in [-0.1, -0.05) is 12.1 Å². The van der Waals surface area contributed by atoms with Crippen molar-refractivity contribution in [1.82, 2.24) is 0 Å². The summed E-state index contributed by atoms with van der Waals surface area (Å²) >= 11 is 3.32. The van der Waals surface area contributed by atoms with Crippen molar-refractivity contribution in [3.05, 3.63) is 57.6 Å². The summed E-state index contributed by atoms with van der Waals surface area (Å²) < 4.78 is 16.5. The molecule has 0 bridgehead atoms. The van der Waals surface area contributed by atoms with Crippen LogP contribution < -0.4 is 9.47 Å². The number of carbonyl (C=O) groups is 1. The Hall–Kier alpha value is -2.36. The summed E-state index contributed by atoms with van der Waals surface area (Å²) in [6.07, 6.45) is 0. The molecule has 2 aromatic carbocycles. The molecule has 0 aliphatic heterocycles. The molecule has 0 unspecified atom stereocenters. The maximum Gasteiger partial charge on any atom is 0.343 e. The molecule has 0 saturated carbocycles. The van der Waals surface area contributed by atoms with E-state index in [1.165, 1.54) is 6.07 Å². The summed E-state index contributed by atoms with van der Waals surface area (Å²) in [5.41, 5.74) is 1.69. The predicted molar refractivity (Wildman–Crippen MR) is 92.1 cm³/mol. The summed E-state index contributed by atoms with van der Waals surface area (Å²) in [4.78, 5) is 12.4. The monoisotopic (exact) mass is 389 g/mol. The lowest BCUT2D eigenvalue weighted by Gasteiger charge is -2.13. The maximum absolute atomic E-state index is 12.4. The molecule has 0 amide bonds. The maximum atomic E-state index is 12.4. The van der Waals surface area contributed by atoms with Crippen molar-refractivity contribution in [3.63, 3.8) is 0 Å². The third kappa shape index (κ3) is 4.34. The number of benzene rings is 2. The fraction of sp³-hybridized carbons (Fsp3) is 0.222. The standard InChI is InChI=1S/C18H16BrNO4/c1-3-23-16-9-13(10-20)8-15(19)17(16)24-18(21)14-6-4-5-12(7-14)11-22-2/h4-9H,3,11H2,1-2H3. The number of methoxy groups -OCH3 is 1. The van der Waals surface area contributed by atoms with Crippen LogP contribution in [0.4, 0.5) is 0 Å². The van der Waals surface area contributed by atoms with Crippen LogP contribution in [-0.2, 0) is 11.3 Å². The first-order valence-electron chi connectivity index (χ1n) is 7.25. The lowest BCUT2D eigenvalue weighted by Crippen LogP contribution is -2.11. The van der Waals surface area contributed by atoms with Crippen molar-refractivity contribution in [2.75, 3.05) is 13.7 Å². The van der Waals surface area contributed by atoms with Gasteiger partial charge < -0.3 is 14.2 Å². The van der Waals surface area contributed by atoms with Crippen LogP contribution in [0.2, 0.25) is 0 Å². The number of hydrogen-bond donors (Lipinski definition) is 0. The zero-order valence-electron chi connectivity index (χ0n) is 13.3. The van der Waals surface area contributed by atoms with Crippen LogP contribution in [0.15, 0.2) is 40.9 Å². The lowest BCUT2D eigenvalue weighted by molar-refractivity contribution is 0.0726. The van der Waals surface area contributed by atoms with Gasteiger partial charge in [-0.3, -0.25) is 0 Å². The molecular weight excluding hydrogens is 374 g/mol. The Morgan fingerprint density at radius 1 is 1.29 bits per heavy atom. The van der Waals surface area contributed by atoms with Crippen molar-refractivity contribution in [2.24, 2.45) is 0 Å². The molecule has 24 heavy (non-hydrogen) atoms. The number of halogens is 1. The molecule has 0 radical (unpaired) electrons. The number of nitrogens with zero attached hydrogens (tertiary/aromatic N) is 1. The molecule has 0 atom stereocenters. The minimum atomic E-state index is -0.515. The van der Waals surface area contributed by atoms with Crippen LogP contribution in [0.25, 0.3) is 0 Å². The van der Waals surface area contributed by atoms with Gasteiger partial charge in [0, 0.05) is 13.2 Å². The van der Waals surface area contributed by atoms with Gasteiger partial charge in [-0.15, -0.1) is 0 Å². The van der Waals surface area contributed by atoms with E-state index in [2.05, 4.69) is 15.9 Å². The first kappa shape index (κ1) is 18.0. The van der Waals surface area contributed by atoms with Crippen LogP contribution in [-0.4, -0.2) is 19.7 Å². The molecule has 0 saturated heterocycles. The Morgan fingerprint density at radius 3 is 2.75 bits per heavy atom. The Balaban J connectivity index is 2.31. The highest BCUT2D eigenvalue weighted by molar-refractivity contribution is 9.10. The summed E-state index contributed by atoms with van der Waals surface area (Å²) in [6.45, 7) is 2.61. The first-order chi connectivity index (χ1) is 11.6. The van der Waals surface area contributed by atoms with E-state index in [0.29, 0.717) is 34.6 Å². The molecule has 0 aliphatic carbocycles. The third-order valence-electron chi connectivity index (χ3n) is 3.11. The Kier molecular flexibility index (Phi) is 6.36. The van der Waals surface area contributed by atoms with Crippen molar-refractivity contribution in [1.29, 1.82) is 5.26 Å². The van der Waals surface area contributed by atoms with E-state index < -0.39 is 5.97 Å². The summed E-state index contributed by atoms with van der Waals surface area (Å²) in [5.74, 6) is 0.0714. The number of rotatable bonds is 6. The number of esters is 1. The molecule has 124 valence electrons. The molecule has 0 heterocycles. The van der Waals surface area contributed by atoms with E-state index in [1.807, 2.05) is 19.1 Å². The van der Waals surface area contributed by atoms with Gasteiger partial charge in [0.2, 0.25) is 0 Å². The SMILES string of the molecule is CCOc1cc(C#N)cc(Br)c1OC(=O)c1cccc(COC)c1. The van der Waals surface area contributed by atoms with Crippen LogP contribution in [0, 0.1) is 11.3 Å². The van der Waals surface area contributed by atoms with Crippen molar-refractivity contribution in [3.8, 4) is 17.6 Å². The van der Waals surface area contributed by atoms with Gasteiger partial charge in [-0.2, -0.15) is 5.26 Å². The van der Waals surface area contributed by atoms with Crippen LogP contribution in [0.3, 0.4) is 0 Å². The van der Waals surface area contributed by atoms with E-state index >= 15 is 0 Å². The second-order valence-electron chi connectivity index (χ2n) is 4.85. The van der Waals surface area contributed by atoms with E-state index in [0.717, 1.165) is 5.56 Å². The number of hydrogen-bond acceptors (Lipinski definition) is 5. The van der Waals surface area contributed by atoms with E-state index in [1.54, 1.807) is 31.4 Å². The fourth-order valence-electron chi connectivity index (χ4n) is 2.10. The van der Waals surface area contributed by atoms with Crippen LogP contribution in [0.1, 0.15) is 28.4 Å². The van der Waals surface area contributed by atoms with Gasteiger partial charge in [0.15, 0.2) is 11.5 Å². The average Bonchev–Trinajstić information content (AvgIpc) is 2.58. The Bertz CT molecular complexity index is 783. The quantitative estimate of drug-likeness (QED) is 0.549. The topological polar surface area (TPSA) is 68.5 Å². The van der Waals surface area contributed by atoms with Gasteiger partial charge in [-0.25, -0.2) is 4.79 Å². The van der Waals surface area contributed by atoms with Crippen molar-refractivity contribution in [2.45, 2.75) is 13.5 Å². The zero-order chi connectivity index (χ0) is 17.5. The normalized spacial score (nSPS) is 10.1. The summed E-state index contributed by atoms with van der Waals surface area (Å²) in [5, 5.41) is 9.04. The summed E-state index contributed by atoms with van der Waals surface area (Å²) in [7, 11) is 1.59. The molecule has 6 heteroatoms. The van der Waals surface area contributed by atoms with E-state index in [4.69, 9.17) is 19.5 Å². The molecule has 2 rings (SSSR count). The molecule has 5 nitrogen and oxygen atoms in total. The second kappa shape index (κ2) is 8.48. The van der Waals surface area contributed by atoms with E-state index in [9.17, 15) is 4.79 Å². The highest BCUT2D eigenvalue weighted by Gasteiger charge is 2.17. The Morgan fingerprint density at radius 2 is 2.08 bits per heavy atom. The van der Waals surface area contributed by atoms with Gasteiger partial charge in [0.05, 0.1) is 34.9 Å². The fourth-order valence-corrected chi connectivity index (χ4v) is 2.62. The molecule has 0 aliphatic rings. The number of ether oxygens (including phenoxy) is 3. The lowest BCUT2D eigenvalue weighted by atomic mass is 10.1. The van der Waals surface area contributed by atoms with E-state index in [-0.39, 0.29) is 5.75 Å². The second-order valence-corrected chi connectivity index (χ2v) is 5.71. The van der Waals surface area contributed by atoms with Gasteiger partial charge in [-0.05, 0) is 46.6 Å². The van der Waals surface area contributed by atoms with Gasteiger partial charge >= 0.3 is 5.97 Å². The molecule has 0 N–H and O–H groups in total. The highest BCUT2D eigenvalue weighted by Crippen LogP contribution is 2.37. The van der Waals surface area contributed by atoms with Crippen molar-refractivity contribution >= 4 is 21.9 Å². The van der Waals surface area contributed by atoms with Crippen molar-refractivity contribution < 1.29 is 19.0 Å². The smallest absolute Gasteiger partial charge is 0.343 e. The predicted octanol–water partition coefficient (Wildman–Crippen LogP) is 4.09. The average molecular weight is 390 g/mol. The third-order valence-corrected chi connectivity index (χ3v) is 3.70. The van der Waals surface area contributed by atoms with Crippen LogP contribution >= 0.6 is 15.9 Å². The molecule has 0 spiro atoms. The van der Waals surface area contributed by atoms with Gasteiger partial charge in [0.1, 0.15) is 0 Å². The first-order valence-corrected chi connectivity index (χ1v) is 8.04. The minimum Gasteiger partial charge on any atom is -0.490 e. The molecule has 0 aromatic heterocycles. The molecular formula is C18H16BrNO4. The zero-order valence-corrected chi connectivity index (χ0v) is 14.9. The largest absolute Gasteiger partial charge is 0.490 e. The van der Waals surface area contributed by atoms with Crippen LogP contribution in [0.5, 0.6) is 11.5 Å². The highest BCUT2D eigenvalue weighted by atomic mass is 79.9. The summed E-state index contributed by atoms with van der Waals surface area (Å²) in [6, 6.07) is 12.2. The molecule has 2 aromatic rings.